The molecule has 2 aromatic rings. The first-order chi connectivity index (χ1) is 8.88. The normalized spacial score (nSPS) is 11.9. The fourth-order valence-corrected chi connectivity index (χ4v) is 3.78. The standard InChI is InChI=1S/C12H14N2O3S2/c1-14-11(15)9-5-3-4-6-10(9)13-12(14)18-7-8-19(2,16)17/h3-6H,7-8H2,1-2H3. The number of sulfone groups is 1. The van der Waals surface area contributed by atoms with E-state index in [0.717, 1.165) is 0 Å². The zero-order valence-corrected chi connectivity index (χ0v) is 12.3. The molecule has 5 nitrogen and oxygen atoms in total. The third kappa shape index (κ3) is 3.36. The Morgan fingerprint density at radius 3 is 2.68 bits per heavy atom. The molecule has 1 aromatic carbocycles. The molecule has 0 radical (unpaired) electrons. The van der Waals surface area contributed by atoms with E-state index in [1.165, 1.54) is 22.6 Å². The van der Waals surface area contributed by atoms with Crippen molar-refractivity contribution in [1.29, 1.82) is 0 Å². The zero-order chi connectivity index (χ0) is 14.0. The first-order valence-electron chi connectivity index (χ1n) is 5.65. The summed E-state index contributed by atoms with van der Waals surface area (Å²) in [4.78, 5) is 16.5. The third-order valence-corrected chi connectivity index (χ3v) is 4.86. The molecule has 7 heteroatoms. The van der Waals surface area contributed by atoms with Crippen LogP contribution < -0.4 is 5.56 Å². The Morgan fingerprint density at radius 1 is 1.32 bits per heavy atom. The minimum Gasteiger partial charge on any atom is -0.290 e. The molecule has 0 fully saturated rings. The maximum Gasteiger partial charge on any atom is 0.261 e. The van der Waals surface area contributed by atoms with Gasteiger partial charge in [-0.2, -0.15) is 0 Å². The molecule has 0 atom stereocenters. The molecule has 0 saturated carbocycles. The van der Waals surface area contributed by atoms with E-state index in [-0.39, 0.29) is 11.3 Å². The number of rotatable bonds is 4. The Morgan fingerprint density at radius 2 is 2.00 bits per heavy atom. The monoisotopic (exact) mass is 298 g/mol. The van der Waals surface area contributed by atoms with Crippen LogP contribution in [0.3, 0.4) is 0 Å². The highest BCUT2D eigenvalue weighted by Crippen LogP contribution is 2.16. The second-order valence-electron chi connectivity index (χ2n) is 4.25. The summed E-state index contributed by atoms with van der Waals surface area (Å²) in [5.41, 5.74) is 0.514. The lowest BCUT2D eigenvalue weighted by molar-refractivity contribution is 0.603. The molecule has 0 aliphatic carbocycles. The third-order valence-electron chi connectivity index (χ3n) is 2.63. The Bertz CT molecular complexity index is 766. The predicted octanol–water partition coefficient (Wildman–Crippen LogP) is 1.07. The van der Waals surface area contributed by atoms with Crippen LogP contribution in [-0.2, 0) is 16.9 Å². The summed E-state index contributed by atoms with van der Waals surface area (Å²) >= 11 is 1.28. The number of thioether (sulfide) groups is 1. The predicted molar refractivity (Wildman–Crippen MR) is 77.4 cm³/mol. The lowest BCUT2D eigenvalue weighted by atomic mass is 10.2. The molecule has 102 valence electrons. The average Bonchev–Trinajstić information content (AvgIpc) is 2.34. The van der Waals surface area contributed by atoms with Gasteiger partial charge in [-0.25, -0.2) is 13.4 Å². The van der Waals surface area contributed by atoms with Crippen molar-refractivity contribution in [2.45, 2.75) is 5.16 Å². The van der Waals surface area contributed by atoms with Crippen molar-refractivity contribution in [3.8, 4) is 0 Å². The zero-order valence-electron chi connectivity index (χ0n) is 10.7. The molecule has 0 saturated heterocycles. The minimum absolute atomic E-state index is 0.0698. The van der Waals surface area contributed by atoms with Gasteiger partial charge in [0.2, 0.25) is 0 Å². The summed E-state index contributed by atoms with van der Waals surface area (Å²) in [7, 11) is -1.35. The fourth-order valence-electron chi connectivity index (χ4n) is 1.61. The quantitative estimate of drug-likeness (QED) is 0.624. The van der Waals surface area contributed by atoms with Crippen molar-refractivity contribution in [3.05, 3.63) is 34.6 Å². The molecule has 1 heterocycles. The summed E-state index contributed by atoms with van der Waals surface area (Å²) in [6.07, 6.45) is 1.19. The van der Waals surface area contributed by atoms with Crippen molar-refractivity contribution < 1.29 is 8.42 Å². The van der Waals surface area contributed by atoms with Gasteiger partial charge in [-0.05, 0) is 12.1 Å². The van der Waals surface area contributed by atoms with E-state index in [0.29, 0.717) is 21.8 Å². The molecule has 19 heavy (non-hydrogen) atoms. The number of para-hydroxylation sites is 1. The highest BCUT2D eigenvalue weighted by atomic mass is 32.2. The van der Waals surface area contributed by atoms with Gasteiger partial charge >= 0.3 is 0 Å². The van der Waals surface area contributed by atoms with Crippen molar-refractivity contribution >= 4 is 32.5 Å². The number of fused-ring (bicyclic) bond motifs is 1. The van der Waals surface area contributed by atoms with Crippen LogP contribution >= 0.6 is 11.8 Å². The van der Waals surface area contributed by atoms with Crippen LogP contribution in [0.1, 0.15) is 0 Å². The van der Waals surface area contributed by atoms with Gasteiger partial charge in [-0.1, -0.05) is 23.9 Å². The van der Waals surface area contributed by atoms with Crippen LogP contribution in [0.4, 0.5) is 0 Å². The number of nitrogens with zero attached hydrogens (tertiary/aromatic N) is 2. The second-order valence-corrected chi connectivity index (χ2v) is 7.58. The smallest absolute Gasteiger partial charge is 0.261 e. The van der Waals surface area contributed by atoms with E-state index in [4.69, 9.17) is 0 Å². The van der Waals surface area contributed by atoms with E-state index < -0.39 is 9.84 Å². The maximum absolute atomic E-state index is 12.1. The van der Waals surface area contributed by atoms with Crippen LogP contribution in [0.25, 0.3) is 10.9 Å². The second kappa shape index (κ2) is 5.34. The van der Waals surface area contributed by atoms with Crippen LogP contribution in [0.5, 0.6) is 0 Å². The van der Waals surface area contributed by atoms with E-state index in [1.807, 2.05) is 6.07 Å². The molecule has 2 rings (SSSR count). The molecule has 0 bridgehead atoms. The summed E-state index contributed by atoms with van der Waals surface area (Å²) < 4.78 is 23.6. The van der Waals surface area contributed by atoms with Gasteiger partial charge in [0.1, 0.15) is 9.84 Å². The fraction of sp³-hybridized carbons (Fsp3) is 0.333. The van der Waals surface area contributed by atoms with Gasteiger partial charge < -0.3 is 0 Å². The van der Waals surface area contributed by atoms with Crippen molar-refractivity contribution in [2.24, 2.45) is 7.05 Å². The van der Waals surface area contributed by atoms with Crippen molar-refractivity contribution in [2.75, 3.05) is 17.8 Å². The largest absolute Gasteiger partial charge is 0.290 e. The average molecular weight is 298 g/mol. The number of benzene rings is 1. The Balaban J connectivity index is 2.34. The molecular formula is C12H14N2O3S2. The molecule has 0 aliphatic rings. The van der Waals surface area contributed by atoms with E-state index >= 15 is 0 Å². The van der Waals surface area contributed by atoms with Crippen LogP contribution in [0, 0.1) is 0 Å². The number of hydrogen-bond acceptors (Lipinski definition) is 5. The first-order valence-corrected chi connectivity index (χ1v) is 8.69. The summed E-state index contributed by atoms with van der Waals surface area (Å²) in [6, 6.07) is 7.12. The summed E-state index contributed by atoms with van der Waals surface area (Å²) in [6.45, 7) is 0. The minimum atomic E-state index is -3.00. The first kappa shape index (κ1) is 14.1. The van der Waals surface area contributed by atoms with Crippen LogP contribution in [-0.4, -0.2) is 35.7 Å². The van der Waals surface area contributed by atoms with Gasteiger partial charge in [-0.3, -0.25) is 9.36 Å². The molecular weight excluding hydrogens is 284 g/mol. The Labute approximate surface area is 115 Å². The molecule has 1 aromatic heterocycles. The van der Waals surface area contributed by atoms with Crippen LogP contribution in [0.2, 0.25) is 0 Å². The highest BCUT2D eigenvalue weighted by molar-refractivity contribution is 8.00. The molecule has 0 unspecified atom stereocenters. The summed E-state index contributed by atoms with van der Waals surface area (Å²) in [5.74, 6) is 0.456. The van der Waals surface area contributed by atoms with Gasteiger partial charge in [-0.15, -0.1) is 0 Å². The van der Waals surface area contributed by atoms with E-state index in [1.54, 1.807) is 25.2 Å². The Kier molecular flexibility index (Phi) is 3.96. The van der Waals surface area contributed by atoms with Crippen LogP contribution in [0.15, 0.2) is 34.2 Å². The molecule has 0 amide bonds. The van der Waals surface area contributed by atoms with Gasteiger partial charge in [0.25, 0.3) is 5.56 Å². The van der Waals surface area contributed by atoms with Gasteiger partial charge in [0.15, 0.2) is 5.16 Å². The SMILES string of the molecule is Cn1c(SCCS(C)(=O)=O)nc2ccccc2c1=O. The number of hydrogen-bond donors (Lipinski definition) is 0. The van der Waals surface area contributed by atoms with Crippen molar-refractivity contribution in [1.82, 2.24) is 9.55 Å². The number of aromatic nitrogens is 2. The highest BCUT2D eigenvalue weighted by Gasteiger charge is 2.09. The lowest BCUT2D eigenvalue weighted by Gasteiger charge is -2.08. The Hall–Kier alpha value is -1.34. The lowest BCUT2D eigenvalue weighted by Crippen LogP contribution is -2.20. The molecule has 0 N–H and O–H groups in total. The molecule has 0 aliphatic heterocycles. The van der Waals surface area contributed by atoms with E-state index in [9.17, 15) is 13.2 Å². The maximum atomic E-state index is 12.1. The topological polar surface area (TPSA) is 69.0 Å². The molecule has 0 spiro atoms. The van der Waals surface area contributed by atoms with Crippen molar-refractivity contribution in [3.63, 3.8) is 0 Å². The van der Waals surface area contributed by atoms with E-state index in [2.05, 4.69) is 4.98 Å². The van der Waals surface area contributed by atoms with Gasteiger partial charge in [0.05, 0.1) is 16.7 Å². The summed E-state index contributed by atoms with van der Waals surface area (Å²) in [5, 5.41) is 1.10. The van der Waals surface area contributed by atoms with Gasteiger partial charge in [0, 0.05) is 19.1 Å².